The molecule has 4 heteroatoms. The van der Waals surface area contributed by atoms with Crippen molar-refractivity contribution in [2.24, 2.45) is 0 Å². The molecule has 0 unspecified atom stereocenters. The maximum Gasteiger partial charge on any atom is 0.188 e. The highest BCUT2D eigenvalue weighted by molar-refractivity contribution is 8.03. The third-order valence-electron chi connectivity index (χ3n) is 3.82. The molecule has 0 aliphatic carbocycles. The number of Topliss-reactive ketones (excluding diaryl/α,β-unsaturated/α-hetero) is 1. The summed E-state index contributed by atoms with van der Waals surface area (Å²) in [6.07, 6.45) is 1.55. The van der Waals surface area contributed by atoms with E-state index in [1.54, 1.807) is 30.3 Å². The van der Waals surface area contributed by atoms with Crippen molar-refractivity contribution in [2.75, 3.05) is 11.1 Å². The van der Waals surface area contributed by atoms with Gasteiger partial charge in [0.1, 0.15) is 0 Å². The van der Waals surface area contributed by atoms with Gasteiger partial charge in [-0.25, -0.2) is 0 Å². The number of rotatable bonds is 8. The molecule has 27 heavy (non-hydrogen) atoms. The lowest BCUT2D eigenvalue weighted by molar-refractivity contribution is 0.101. The Morgan fingerprint density at radius 3 is 1.85 bits per heavy atom. The van der Waals surface area contributed by atoms with E-state index >= 15 is 0 Å². The third-order valence-corrected chi connectivity index (χ3v) is 4.75. The Kier molecular flexibility index (Phi) is 6.61. The van der Waals surface area contributed by atoms with Crippen molar-refractivity contribution < 1.29 is 9.59 Å². The first kappa shape index (κ1) is 18.7. The molecule has 0 fully saturated rings. The number of ketones is 2. The third kappa shape index (κ3) is 5.69. The van der Waals surface area contributed by atoms with Crippen LogP contribution >= 0.6 is 11.8 Å². The van der Waals surface area contributed by atoms with Gasteiger partial charge in [-0.15, -0.1) is 11.8 Å². The standard InChI is InChI=1S/C23H19NO2S/c25-21(18-10-4-1-5-11-18)16-23(24-20-14-8-3-9-15-20)27-17-22(26)19-12-6-2-7-13-19/h1-16,24H,17H2. The van der Waals surface area contributed by atoms with Gasteiger partial charge in [0.2, 0.25) is 0 Å². The average Bonchev–Trinajstić information content (AvgIpc) is 2.73. The van der Waals surface area contributed by atoms with Gasteiger partial charge < -0.3 is 5.32 Å². The molecule has 0 amide bonds. The highest BCUT2D eigenvalue weighted by Gasteiger charge is 2.10. The monoisotopic (exact) mass is 373 g/mol. The molecule has 3 nitrogen and oxygen atoms in total. The van der Waals surface area contributed by atoms with Gasteiger partial charge >= 0.3 is 0 Å². The summed E-state index contributed by atoms with van der Waals surface area (Å²) in [5.41, 5.74) is 2.14. The van der Waals surface area contributed by atoms with Crippen LogP contribution in [0.3, 0.4) is 0 Å². The molecule has 1 N–H and O–H groups in total. The molecule has 0 saturated carbocycles. The number of hydrogen-bond donors (Lipinski definition) is 1. The normalized spacial score (nSPS) is 11.0. The smallest absolute Gasteiger partial charge is 0.188 e. The molecular formula is C23H19NO2S. The number of hydrogen-bond acceptors (Lipinski definition) is 4. The largest absolute Gasteiger partial charge is 0.350 e. The van der Waals surface area contributed by atoms with E-state index in [0.29, 0.717) is 16.2 Å². The van der Waals surface area contributed by atoms with Crippen LogP contribution in [0.1, 0.15) is 20.7 Å². The maximum absolute atomic E-state index is 12.5. The van der Waals surface area contributed by atoms with Crippen LogP contribution in [0.4, 0.5) is 5.69 Å². The summed E-state index contributed by atoms with van der Waals surface area (Å²) in [6.45, 7) is 0. The molecule has 0 bridgehead atoms. The molecule has 3 rings (SSSR count). The van der Waals surface area contributed by atoms with Crippen LogP contribution in [0.25, 0.3) is 0 Å². The summed E-state index contributed by atoms with van der Waals surface area (Å²) in [6, 6.07) is 27.8. The van der Waals surface area contributed by atoms with Gasteiger partial charge in [-0.05, 0) is 12.1 Å². The summed E-state index contributed by atoms with van der Waals surface area (Å²) < 4.78 is 0. The van der Waals surface area contributed by atoms with Crippen LogP contribution in [-0.4, -0.2) is 17.3 Å². The predicted octanol–water partition coefficient (Wildman–Crippen LogP) is 5.44. The zero-order valence-corrected chi connectivity index (χ0v) is 15.5. The number of carbonyl (C=O) groups is 2. The number of para-hydroxylation sites is 1. The molecule has 0 heterocycles. The summed E-state index contributed by atoms with van der Waals surface area (Å²) in [5.74, 6) is 0.166. The van der Waals surface area contributed by atoms with Crippen molar-refractivity contribution in [3.63, 3.8) is 0 Å². The molecule has 0 saturated heterocycles. The van der Waals surface area contributed by atoms with Gasteiger partial charge in [0.05, 0.1) is 10.8 Å². The summed E-state index contributed by atoms with van der Waals surface area (Å²) in [5, 5.41) is 3.88. The Morgan fingerprint density at radius 2 is 1.26 bits per heavy atom. The Labute approximate surface area is 163 Å². The van der Waals surface area contributed by atoms with E-state index in [0.717, 1.165) is 5.69 Å². The Hall–Kier alpha value is -3.11. The van der Waals surface area contributed by atoms with Gasteiger partial charge in [-0.1, -0.05) is 78.9 Å². The Balaban J connectivity index is 1.76. The second-order valence-electron chi connectivity index (χ2n) is 5.81. The fraction of sp³-hybridized carbons (Fsp3) is 0.0435. The molecule has 0 radical (unpaired) electrons. The minimum absolute atomic E-state index is 0.0218. The highest BCUT2D eigenvalue weighted by atomic mass is 32.2. The zero-order chi connectivity index (χ0) is 18.9. The van der Waals surface area contributed by atoms with E-state index in [9.17, 15) is 9.59 Å². The van der Waals surface area contributed by atoms with Crippen molar-refractivity contribution in [3.05, 3.63) is 113 Å². The second-order valence-corrected chi connectivity index (χ2v) is 6.82. The minimum atomic E-state index is -0.103. The number of allylic oxidation sites excluding steroid dienone is 1. The maximum atomic E-state index is 12.5. The summed E-state index contributed by atoms with van der Waals surface area (Å²) in [4.78, 5) is 24.9. The van der Waals surface area contributed by atoms with Gasteiger partial charge in [0, 0.05) is 22.9 Å². The summed E-state index contributed by atoms with van der Waals surface area (Å²) in [7, 11) is 0. The van der Waals surface area contributed by atoms with Crippen LogP contribution in [-0.2, 0) is 0 Å². The average molecular weight is 373 g/mol. The van der Waals surface area contributed by atoms with Crippen molar-refractivity contribution in [1.29, 1.82) is 0 Å². The van der Waals surface area contributed by atoms with E-state index in [1.165, 1.54) is 11.8 Å². The van der Waals surface area contributed by atoms with Gasteiger partial charge in [0.25, 0.3) is 0 Å². The molecule has 3 aromatic rings. The SMILES string of the molecule is O=C(C=C(Nc1ccccc1)SCC(=O)c1ccccc1)c1ccccc1. The van der Waals surface area contributed by atoms with Gasteiger partial charge in [-0.2, -0.15) is 0 Å². The predicted molar refractivity (Wildman–Crippen MR) is 112 cm³/mol. The number of benzene rings is 3. The molecule has 0 aliphatic heterocycles. The van der Waals surface area contributed by atoms with Crippen molar-refractivity contribution in [2.45, 2.75) is 0 Å². The highest BCUT2D eigenvalue weighted by Crippen LogP contribution is 2.21. The molecule has 0 atom stereocenters. The van der Waals surface area contributed by atoms with E-state index in [-0.39, 0.29) is 17.3 Å². The molecule has 134 valence electrons. The molecule has 0 spiro atoms. The lowest BCUT2D eigenvalue weighted by Crippen LogP contribution is -2.07. The molecule has 0 aliphatic rings. The van der Waals surface area contributed by atoms with Gasteiger partial charge in [0.15, 0.2) is 11.6 Å². The van der Waals surface area contributed by atoms with Crippen LogP contribution in [0.5, 0.6) is 0 Å². The number of anilines is 1. The van der Waals surface area contributed by atoms with Crippen molar-refractivity contribution in [3.8, 4) is 0 Å². The topological polar surface area (TPSA) is 46.2 Å². The van der Waals surface area contributed by atoms with Crippen LogP contribution in [0, 0.1) is 0 Å². The number of thioether (sulfide) groups is 1. The van der Waals surface area contributed by atoms with E-state index in [2.05, 4.69) is 5.32 Å². The van der Waals surface area contributed by atoms with Crippen LogP contribution in [0.2, 0.25) is 0 Å². The first-order valence-electron chi connectivity index (χ1n) is 8.56. The van der Waals surface area contributed by atoms with Crippen molar-refractivity contribution in [1.82, 2.24) is 0 Å². The van der Waals surface area contributed by atoms with E-state index in [1.807, 2.05) is 66.7 Å². The van der Waals surface area contributed by atoms with Gasteiger partial charge in [-0.3, -0.25) is 9.59 Å². The quantitative estimate of drug-likeness (QED) is 0.422. The lowest BCUT2D eigenvalue weighted by atomic mass is 10.1. The lowest BCUT2D eigenvalue weighted by Gasteiger charge is -2.10. The summed E-state index contributed by atoms with van der Waals surface area (Å²) >= 11 is 1.32. The van der Waals surface area contributed by atoms with Crippen molar-refractivity contribution >= 4 is 29.0 Å². The number of nitrogens with one attached hydrogen (secondary N) is 1. The van der Waals surface area contributed by atoms with E-state index in [4.69, 9.17) is 0 Å². The second kappa shape index (κ2) is 9.55. The first-order valence-corrected chi connectivity index (χ1v) is 9.55. The Morgan fingerprint density at radius 1 is 0.741 bits per heavy atom. The van der Waals surface area contributed by atoms with Crippen LogP contribution in [0.15, 0.2) is 102 Å². The molecular weight excluding hydrogens is 354 g/mol. The van der Waals surface area contributed by atoms with Crippen LogP contribution < -0.4 is 5.32 Å². The van der Waals surface area contributed by atoms with E-state index < -0.39 is 0 Å². The number of carbonyl (C=O) groups excluding carboxylic acids is 2. The molecule has 0 aromatic heterocycles. The fourth-order valence-corrected chi connectivity index (χ4v) is 3.27. The zero-order valence-electron chi connectivity index (χ0n) is 14.7. The first-order chi connectivity index (χ1) is 13.2. The fourth-order valence-electron chi connectivity index (χ4n) is 2.43. The minimum Gasteiger partial charge on any atom is -0.350 e. The molecule has 3 aromatic carbocycles. The Bertz CT molecular complexity index is 922.